The second-order valence-corrected chi connectivity index (χ2v) is 7.82. The molecule has 4 heterocycles. The molecule has 1 saturated heterocycles. The summed E-state index contributed by atoms with van der Waals surface area (Å²) in [6.07, 6.45) is 0.604. The Hall–Kier alpha value is -2.49. The van der Waals surface area contributed by atoms with Crippen LogP contribution in [0.3, 0.4) is 0 Å². The number of rotatable bonds is 3. The molecule has 1 atom stereocenters. The fourth-order valence-corrected chi connectivity index (χ4v) is 4.41. The van der Waals surface area contributed by atoms with Gasteiger partial charge in [0.25, 0.3) is 0 Å². The molecule has 0 spiro atoms. The zero-order valence-electron chi connectivity index (χ0n) is 15.4. The summed E-state index contributed by atoms with van der Waals surface area (Å²) in [6, 6.07) is 1.96. The summed E-state index contributed by atoms with van der Waals surface area (Å²) in [5, 5.41) is 6.06. The second kappa shape index (κ2) is 7.16. The van der Waals surface area contributed by atoms with Crippen molar-refractivity contribution in [2.75, 3.05) is 18.0 Å². The molecule has 0 bridgehead atoms. The number of aromatic nitrogens is 5. The number of hydrogen-bond donors (Lipinski definition) is 0. The van der Waals surface area contributed by atoms with Gasteiger partial charge in [-0.1, -0.05) is 0 Å². The molecule has 0 radical (unpaired) electrons. The highest BCUT2D eigenvalue weighted by Crippen LogP contribution is 2.35. The monoisotopic (exact) mass is 408 g/mol. The standard InChI is InChI=1S/C18H19F3N6S/c1-11-6-12(2)27(25-11)16-8-22-7-15(24-16)26-5-3-4-13(9-26)17-23-14(10-28-17)18(19,20)21/h6-8,10,13H,3-5,9H2,1-2H3. The summed E-state index contributed by atoms with van der Waals surface area (Å²) in [6.45, 7) is 5.22. The van der Waals surface area contributed by atoms with Crippen LogP contribution in [-0.2, 0) is 6.18 Å². The van der Waals surface area contributed by atoms with E-state index in [1.807, 2.05) is 19.9 Å². The van der Waals surface area contributed by atoms with E-state index in [1.165, 1.54) is 0 Å². The Morgan fingerprint density at radius 3 is 2.61 bits per heavy atom. The van der Waals surface area contributed by atoms with E-state index in [9.17, 15) is 13.2 Å². The fraction of sp³-hybridized carbons (Fsp3) is 0.444. The molecule has 4 rings (SSSR count). The number of halogens is 3. The zero-order valence-corrected chi connectivity index (χ0v) is 16.3. The van der Waals surface area contributed by atoms with E-state index >= 15 is 0 Å². The number of alkyl halides is 3. The lowest BCUT2D eigenvalue weighted by molar-refractivity contribution is -0.140. The molecule has 0 N–H and O–H groups in total. The van der Waals surface area contributed by atoms with Gasteiger partial charge in [-0.2, -0.15) is 18.3 Å². The third-order valence-corrected chi connectivity index (χ3v) is 5.75. The summed E-state index contributed by atoms with van der Waals surface area (Å²) in [4.78, 5) is 14.9. The third-order valence-electron chi connectivity index (χ3n) is 4.74. The summed E-state index contributed by atoms with van der Waals surface area (Å²) in [5.74, 6) is 1.27. The van der Waals surface area contributed by atoms with Crippen molar-refractivity contribution in [3.63, 3.8) is 0 Å². The molecular weight excluding hydrogens is 389 g/mol. The van der Waals surface area contributed by atoms with E-state index in [1.54, 1.807) is 17.1 Å². The molecule has 0 saturated carbocycles. The van der Waals surface area contributed by atoms with E-state index in [0.717, 1.165) is 47.5 Å². The predicted molar refractivity (Wildman–Crippen MR) is 99.9 cm³/mol. The Labute approximate surface area is 164 Å². The first-order valence-corrected chi connectivity index (χ1v) is 9.82. The minimum atomic E-state index is -4.40. The summed E-state index contributed by atoms with van der Waals surface area (Å²) in [5.41, 5.74) is 1.05. The van der Waals surface area contributed by atoms with Gasteiger partial charge in [-0.25, -0.2) is 14.6 Å². The van der Waals surface area contributed by atoms with Crippen LogP contribution in [0, 0.1) is 13.8 Å². The zero-order chi connectivity index (χ0) is 19.9. The van der Waals surface area contributed by atoms with Gasteiger partial charge in [-0.15, -0.1) is 11.3 Å². The SMILES string of the molecule is Cc1cc(C)n(-c2cncc(N3CCCC(c4nc(C(F)(F)F)cs4)C3)n2)n1. The van der Waals surface area contributed by atoms with Crippen LogP contribution in [0.1, 0.15) is 40.8 Å². The molecule has 10 heteroatoms. The minimum absolute atomic E-state index is 0.0472. The van der Waals surface area contributed by atoms with Crippen molar-refractivity contribution in [1.82, 2.24) is 24.7 Å². The number of nitrogens with zero attached hydrogens (tertiary/aromatic N) is 6. The van der Waals surface area contributed by atoms with Gasteiger partial charge in [0, 0.05) is 30.1 Å². The largest absolute Gasteiger partial charge is 0.434 e. The number of thiazole rings is 1. The Bertz CT molecular complexity index is 980. The molecule has 1 aliphatic heterocycles. The first-order chi connectivity index (χ1) is 13.3. The van der Waals surface area contributed by atoms with Crippen molar-refractivity contribution in [3.8, 4) is 5.82 Å². The van der Waals surface area contributed by atoms with Gasteiger partial charge >= 0.3 is 6.18 Å². The van der Waals surface area contributed by atoms with Gasteiger partial charge in [0.2, 0.25) is 0 Å². The van der Waals surface area contributed by atoms with Crippen LogP contribution in [0.4, 0.5) is 19.0 Å². The molecule has 3 aromatic rings. The molecule has 148 valence electrons. The quantitative estimate of drug-likeness (QED) is 0.652. The van der Waals surface area contributed by atoms with Gasteiger partial charge in [-0.05, 0) is 32.8 Å². The Kier molecular flexibility index (Phi) is 4.82. The van der Waals surface area contributed by atoms with Crippen molar-refractivity contribution in [2.24, 2.45) is 0 Å². The Morgan fingerprint density at radius 2 is 1.93 bits per heavy atom. The molecular formula is C18H19F3N6S. The lowest BCUT2D eigenvalue weighted by Gasteiger charge is -2.32. The summed E-state index contributed by atoms with van der Waals surface area (Å²) < 4.78 is 40.3. The van der Waals surface area contributed by atoms with Crippen molar-refractivity contribution < 1.29 is 13.2 Å². The van der Waals surface area contributed by atoms with Crippen LogP contribution in [0.25, 0.3) is 5.82 Å². The van der Waals surface area contributed by atoms with Crippen LogP contribution in [0.2, 0.25) is 0 Å². The van der Waals surface area contributed by atoms with E-state index in [4.69, 9.17) is 0 Å². The average Bonchev–Trinajstić information content (AvgIpc) is 3.28. The molecule has 3 aromatic heterocycles. The lowest BCUT2D eigenvalue weighted by atomic mass is 9.99. The highest BCUT2D eigenvalue weighted by atomic mass is 32.1. The van der Waals surface area contributed by atoms with Crippen molar-refractivity contribution >= 4 is 17.2 Å². The summed E-state index contributed by atoms with van der Waals surface area (Å²) >= 11 is 1.08. The number of piperidine rings is 1. The normalized spacial score (nSPS) is 17.9. The van der Waals surface area contributed by atoms with E-state index < -0.39 is 11.9 Å². The predicted octanol–water partition coefficient (Wildman–Crippen LogP) is 4.14. The number of aryl methyl sites for hydroxylation is 2. The van der Waals surface area contributed by atoms with E-state index in [2.05, 4.69) is 25.0 Å². The molecule has 1 aliphatic rings. The molecule has 0 aromatic carbocycles. The molecule has 1 fully saturated rings. The van der Waals surface area contributed by atoms with Crippen molar-refractivity contribution in [2.45, 2.75) is 38.8 Å². The topological polar surface area (TPSA) is 59.7 Å². The highest BCUT2D eigenvalue weighted by Gasteiger charge is 2.35. The average molecular weight is 408 g/mol. The molecule has 6 nitrogen and oxygen atoms in total. The third kappa shape index (κ3) is 3.73. The van der Waals surface area contributed by atoms with E-state index in [-0.39, 0.29) is 5.92 Å². The first-order valence-electron chi connectivity index (χ1n) is 8.94. The Balaban J connectivity index is 1.56. The van der Waals surface area contributed by atoms with Crippen LogP contribution in [0.5, 0.6) is 0 Å². The number of anilines is 1. The summed E-state index contributed by atoms with van der Waals surface area (Å²) in [7, 11) is 0. The second-order valence-electron chi connectivity index (χ2n) is 6.93. The maximum absolute atomic E-state index is 12.9. The molecule has 1 unspecified atom stereocenters. The van der Waals surface area contributed by atoms with Crippen molar-refractivity contribution in [3.05, 3.63) is 45.9 Å². The number of hydrogen-bond acceptors (Lipinski definition) is 6. The lowest BCUT2D eigenvalue weighted by Crippen LogP contribution is -2.35. The molecule has 0 aliphatic carbocycles. The van der Waals surface area contributed by atoms with Gasteiger partial charge in [0.1, 0.15) is 5.82 Å². The maximum Gasteiger partial charge on any atom is 0.434 e. The van der Waals surface area contributed by atoms with Crippen LogP contribution >= 0.6 is 11.3 Å². The van der Waals surface area contributed by atoms with Crippen LogP contribution < -0.4 is 4.90 Å². The van der Waals surface area contributed by atoms with Gasteiger partial charge < -0.3 is 4.90 Å². The van der Waals surface area contributed by atoms with E-state index in [0.29, 0.717) is 23.2 Å². The molecule has 0 amide bonds. The van der Waals surface area contributed by atoms with Gasteiger partial charge in [0.05, 0.1) is 23.1 Å². The van der Waals surface area contributed by atoms with Gasteiger partial charge in [0.15, 0.2) is 11.5 Å². The fourth-order valence-electron chi connectivity index (χ4n) is 3.45. The maximum atomic E-state index is 12.9. The highest BCUT2D eigenvalue weighted by molar-refractivity contribution is 7.09. The van der Waals surface area contributed by atoms with Crippen LogP contribution in [0.15, 0.2) is 23.8 Å². The molecule has 28 heavy (non-hydrogen) atoms. The smallest absolute Gasteiger partial charge is 0.355 e. The minimum Gasteiger partial charge on any atom is -0.355 e. The van der Waals surface area contributed by atoms with Crippen LogP contribution in [-0.4, -0.2) is 37.8 Å². The first kappa shape index (κ1) is 18.9. The Morgan fingerprint density at radius 1 is 1.14 bits per heavy atom. The van der Waals surface area contributed by atoms with Crippen molar-refractivity contribution in [1.29, 1.82) is 0 Å². The van der Waals surface area contributed by atoms with Gasteiger partial charge in [-0.3, -0.25) is 4.98 Å².